The minimum Gasteiger partial charge on any atom is -0.341 e. The summed E-state index contributed by atoms with van der Waals surface area (Å²) in [7, 11) is 0. The number of thioether (sulfide) groups is 1. The van der Waals surface area contributed by atoms with Crippen LogP contribution in [0.3, 0.4) is 0 Å². The van der Waals surface area contributed by atoms with Crippen LogP contribution in [-0.2, 0) is 4.79 Å². The predicted octanol–water partition coefficient (Wildman–Crippen LogP) is 0.112. The molecule has 4 nitrogen and oxygen atoms in total. The van der Waals surface area contributed by atoms with Gasteiger partial charge in [-0.15, -0.1) is 18.3 Å². The van der Waals surface area contributed by atoms with Crippen molar-refractivity contribution in [3.05, 3.63) is 12.7 Å². The number of nitrogens with two attached hydrogens (primary N) is 1. The number of piperidine rings is 1. The fraction of sp³-hybridized carbons (Fsp3) is 0.700. The van der Waals surface area contributed by atoms with Crippen molar-refractivity contribution in [3.8, 4) is 0 Å². The summed E-state index contributed by atoms with van der Waals surface area (Å²) in [5, 5.41) is 3.08. The zero-order chi connectivity index (χ0) is 10.9. The van der Waals surface area contributed by atoms with Gasteiger partial charge in [-0.05, 0) is 12.8 Å². The maximum atomic E-state index is 11.2. The van der Waals surface area contributed by atoms with E-state index in [1.165, 1.54) is 0 Å². The Morgan fingerprint density at radius 3 is 2.73 bits per heavy atom. The van der Waals surface area contributed by atoms with Gasteiger partial charge in [-0.25, -0.2) is 0 Å². The number of carbonyl (C=O) groups excluding carboxylic acids is 1. The van der Waals surface area contributed by atoms with Crippen LogP contribution >= 0.6 is 11.8 Å². The molecule has 0 aliphatic carbocycles. The van der Waals surface area contributed by atoms with Crippen molar-refractivity contribution in [1.82, 2.24) is 10.2 Å². The maximum absolute atomic E-state index is 11.2. The molecule has 2 aliphatic heterocycles. The molecule has 0 saturated carbocycles. The van der Waals surface area contributed by atoms with Gasteiger partial charge in [0.15, 0.2) is 0 Å². The Morgan fingerprint density at radius 1 is 1.60 bits per heavy atom. The van der Waals surface area contributed by atoms with E-state index in [-0.39, 0.29) is 16.9 Å². The molecule has 0 aromatic rings. The largest absolute Gasteiger partial charge is 0.341 e. The van der Waals surface area contributed by atoms with Gasteiger partial charge in [-0.3, -0.25) is 9.69 Å². The highest BCUT2D eigenvalue weighted by molar-refractivity contribution is 8.01. The van der Waals surface area contributed by atoms with Crippen molar-refractivity contribution in [3.63, 3.8) is 0 Å². The summed E-state index contributed by atoms with van der Waals surface area (Å²) in [6.07, 6.45) is 3.67. The van der Waals surface area contributed by atoms with Crippen molar-refractivity contribution in [2.24, 2.45) is 5.73 Å². The Kier molecular flexibility index (Phi) is 3.04. The molecule has 3 N–H and O–H groups in total. The third-order valence-corrected chi connectivity index (χ3v) is 4.59. The van der Waals surface area contributed by atoms with E-state index in [0.29, 0.717) is 5.75 Å². The molecule has 1 unspecified atom stereocenters. The van der Waals surface area contributed by atoms with Gasteiger partial charge in [0, 0.05) is 13.1 Å². The van der Waals surface area contributed by atoms with Gasteiger partial charge in [0.2, 0.25) is 5.91 Å². The quantitative estimate of drug-likeness (QED) is 0.658. The van der Waals surface area contributed by atoms with Gasteiger partial charge >= 0.3 is 0 Å². The lowest BCUT2D eigenvalue weighted by atomic mass is 10.0. The van der Waals surface area contributed by atoms with Crippen LogP contribution in [0.5, 0.6) is 0 Å². The summed E-state index contributed by atoms with van der Waals surface area (Å²) in [6, 6.07) is 0. The molecule has 1 spiro atoms. The Morgan fingerprint density at radius 2 is 2.27 bits per heavy atom. The van der Waals surface area contributed by atoms with E-state index in [1.807, 2.05) is 0 Å². The van der Waals surface area contributed by atoms with Gasteiger partial charge < -0.3 is 11.1 Å². The third-order valence-electron chi connectivity index (χ3n) is 3.12. The molecule has 2 aliphatic rings. The van der Waals surface area contributed by atoms with E-state index in [1.54, 1.807) is 17.8 Å². The molecule has 0 aromatic carbocycles. The van der Waals surface area contributed by atoms with Crippen LogP contribution in [0.25, 0.3) is 0 Å². The van der Waals surface area contributed by atoms with Crippen LogP contribution in [-0.4, -0.2) is 40.7 Å². The number of nitrogens with zero attached hydrogens (tertiary/aromatic N) is 1. The Hall–Kier alpha value is -0.520. The molecule has 2 rings (SSSR count). The van der Waals surface area contributed by atoms with Crippen LogP contribution < -0.4 is 11.1 Å². The van der Waals surface area contributed by atoms with E-state index in [0.717, 1.165) is 25.9 Å². The van der Waals surface area contributed by atoms with Crippen LogP contribution in [0.15, 0.2) is 12.7 Å². The molecule has 0 bridgehead atoms. The number of likely N-dealkylation sites (tertiary alicyclic amines) is 1. The van der Waals surface area contributed by atoms with Crippen molar-refractivity contribution < 1.29 is 4.79 Å². The zero-order valence-electron chi connectivity index (χ0n) is 8.74. The first-order valence-corrected chi connectivity index (χ1v) is 6.21. The number of rotatable bonds is 2. The molecular formula is C10H17N3OS. The lowest BCUT2D eigenvalue weighted by molar-refractivity contribution is -0.119. The summed E-state index contributed by atoms with van der Waals surface area (Å²) in [4.78, 5) is 13.4. The average Bonchev–Trinajstić information content (AvgIpc) is 2.60. The maximum Gasteiger partial charge on any atom is 0.231 e. The van der Waals surface area contributed by atoms with Gasteiger partial charge in [-0.2, -0.15) is 0 Å². The summed E-state index contributed by atoms with van der Waals surface area (Å²) in [5.41, 5.74) is 5.88. The summed E-state index contributed by atoms with van der Waals surface area (Å²) >= 11 is 1.74. The van der Waals surface area contributed by atoms with Crippen molar-refractivity contribution in [2.45, 2.75) is 23.9 Å². The lowest BCUT2D eigenvalue weighted by Crippen LogP contribution is -2.53. The molecule has 2 fully saturated rings. The predicted molar refractivity (Wildman–Crippen MR) is 62.3 cm³/mol. The number of carbonyl (C=O) groups is 1. The van der Waals surface area contributed by atoms with E-state index in [2.05, 4.69) is 16.8 Å². The van der Waals surface area contributed by atoms with E-state index in [9.17, 15) is 4.79 Å². The van der Waals surface area contributed by atoms with E-state index >= 15 is 0 Å². The second kappa shape index (κ2) is 4.15. The normalized spacial score (nSPS) is 27.7. The molecule has 0 aromatic heterocycles. The van der Waals surface area contributed by atoms with Crippen molar-refractivity contribution in [1.29, 1.82) is 0 Å². The molecule has 2 heterocycles. The molecular weight excluding hydrogens is 210 g/mol. The average molecular weight is 227 g/mol. The highest BCUT2D eigenvalue weighted by atomic mass is 32.2. The molecule has 15 heavy (non-hydrogen) atoms. The molecule has 2 saturated heterocycles. The van der Waals surface area contributed by atoms with E-state index in [4.69, 9.17) is 5.73 Å². The first kappa shape index (κ1) is 11.0. The van der Waals surface area contributed by atoms with Crippen molar-refractivity contribution >= 4 is 17.7 Å². The van der Waals surface area contributed by atoms with Gasteiger partial charge in [0.1, 0.15) is 0 Å². The number of hydrogen-bond acceptors (Lipinski definition) is 4. The number of amides is 1. The Bertz CT molecular complexity index is 274. The molecule has 1 amide bonds. The monoisotopic (exact) mass is 227 g/mol. The highest BCUT2D eigenvalue weighted by Gasteiger charge is 2.41. The summed E-state index contributed by atoms with van der Waals surface area (Å²) < 4.78 is 0. The Balaban J connectivity index is 1.92. The lowest BCUT2D eigenvalue weighted by Gasteiger charge is -2.40. The smallest absolute Gasteiger partial charge is 0.231 e. The second-order valence-corrected chi connectivity index (χ2v) is 5.45. The first-order chi connectivity index (χ1) is 7.15. The molecule has 1 atom stereocenters. The minimum atomic E-state index is -0.0514. The molecule has 84 valence electrons. The first-order valence-electron chi connectivity index (χ1n) is 5.22. The number of nitrogens with one attached hydrogen (secondary N) is 1. The van der Waals surface area contributed by atoms with Crippen LogP contribution in [0, 0.1) is 0 Å². The number of hydrogen-bond donors (Lipinski definition) is 2. The zero-order valence-corrected chi connectivity index (χ0v) is 9.55. The fourth-order valence-corrected chi connectivity index (χ4v) is 3.27. The van der Waals surface area contributed by atoms with Gasteiger partial charge in [-0.1, -0.05) is 6.08 Å². The van der Waals surface area contributed by atoms with Crippen LogP contribution in [0.2, 0.25) is 0 Å². The molecule has 5 heteroatoms. The highest BCUT2D eigenvalue weighted by Crippen LogP contribution is 2.37. The summed E-state index contributed by atoms with van der Waals surface area (Å²) in [6.45, 7) is 5.56. The van der Waals surface area contributed by atoms with Gasteiger partial charge in [0.25, 0.3) is 0 Å². The topological polar surface area (TPSA) is 58.4 Å². The van der Waals surface area contributed by atoms with Crippen LogP contribution in [0.4, 0.5) is 0 Å². The minimum absolute atomic E-state index is 0.00548. The fourth-order valence-electron chi connectivity index (χ4n) is 2.13. The van der Waals surface area contributed by atoms with Crippen LogP contribution in [0.1, 0.15) is 12.8 Å². The summed E-state index contributed by atoms with van der Waals surface area (Å²) in [5.74, 6) is 0.773. The molecule has 0 radical (unpaired) electrons. The standard InChI is InChI=1S/C10H17N3OS/c1-2-8(11)13-5-3-10(4-6-13)12-9(14)7-15-10/h2,8H,1,3-7,11H2,(H,12,14). The third kappa shape index (κ3) is 2.19. The van der Waals surface area contributed by atoms with E-state index < -0.39 is 0 Å². The second-order valence-electron chi connectivity index (χ2n) is 4.09. The van der Waals surface area contributed by atoms with Crippen molar-refractivity contribution in [2.75, 3.05) is 18.8 Å². The van der Waals surface area contributed by atoms with Gasteiger partial charge in [0.05, 0.1) is 16.8 Å². The Labute approximate surface area is 94.3 Å². The SMILES string of the molecule is C=CC(N)N1CCC2(CC1)NC(=O)CS2.